The van der Waals surface area contributed by atoms with Crippen LogP contribution in [0, 0.1) is 12.7 Å². The van der Waals surface area contributed by atoms with Crippen LogP contribution in [0.5, 0.6) is 0 Å². The Balaban J connectivity index is 1.73. The van der Waals surface area contributed by atoms with E-state index in [-0.39, 0.29) is 16.3 Å². The molecule has 0 aliphatic rings. The summed E-state index contributed by atoms with van der Waals surface area (Å²) in [5.74, 6) is -0.782. The number of nitrogens with two attached hydrogens (primary N) is 1. The Labute approximate surface area is 159 Å². The number of amides is 1. The van der Waals surface area contributed by atoms with E-state index in [1.165, 1.54) is 41.7 Å². The Bertz CT molecular complexity index is 1090. The number of halogens is 1. The van der Waals surface area contributed by atoms with Gasteiger partial charge in [0.1, 0.15) is 5.82 Å². The predicted octanol–water partition coefficient (Wildman–Crippen LogP) is 3.08. The van der Waals surface area contributed by atoms with Gasteiger partial charge in [-0.15, -0.1) is 11.3 Å². The first-order valence-electron chi connectivity index (χ1n) is 7.86. The first kappa shape index (κ1) is 19.2. The molecule has 0 atom stereocenters. The normalized spacial score (nSPS) is 11.4. The molecule has 2 aromatic carbocycles. The van der Waals surface area contributed by atoms with E-state index < -0.39 is 15.9 Å². The van der Waals surface area contributed by atoms with Gasteiger partial charge in [-0.25, -0.2) is 22.9 Å². The second kappa shape index (κ2) is 7.55. The zero-order valence-corrected chi connectivity index (χ0v) is 15.9. The molecule has 1 heterocycles. The number of hydrogen-bond acceptors (Lipinski definition) is 5. The highest BCUT2D eigenvalue weighted by Crippen LogP contribution is 2.23. The fraction of sp³-hybridized carbons (Fsp3) is 0.111. The van der Waals surface area contributed by atoms with E-state index in [4.69, 9.17) is 5.14 Å². The summed E-state index contributed by atoms with van der Waals surface area (Å²) in [5, 5.41) is 8.20. The Morgan fingerprint density at radius 2 is 1.93 bits per heavy atom. The molecule has 0 radical (unpaired) electrons. The number of carbonyl (C=O) groups is 1. The lowest BCUT2D eigenvalue weighted by molar-refractivity contribution is 0.102. The van der Waals surface area contributed by atoms with Crippen molar-refractivity contribution in [2.45, 2.75) is 18.2 Å². The summed E-state index contributed by atoms with van der Waals surface area (Å²) in [5.41, 5.74) is 1.55. The van der Waals surface area contributed by atoms with Gasteiger partial charge in [0.25, 0.3) is 5.91 Å². The van der Waals surface area contributed by atoms with Crippen molar-refractivity contribution in [3.05, 3.63) is 76.0 Å². The summed E-state index contributed by atoms with van der Waals surface area (Å²) in [6.45, 7) is 1.60. The average molecular weight is 405 g/mol. The number of carbonyl (C=O) groups excluding carboxylic acids is 1. The summed E-state index contributed by atoms with van der Waals surface area (Å²) >= 11 is 1.29. The molecule has 1 aromatic heterocycles. The minimum absolute atomic E-state index is 0.0914. The van der Waals surface area contributed by atoms with Gasteiger partial charge in [-0.2, -0.15) is 0 Å². The number of anilines is 1. The first-order chi connectivity index (χ1) is 12.7. The zero-order chi connectivity index (χ0) is 19.6. The molecule has 140 valence electrons. The number of sulfonamides is 1. The first-order valence-corrected chi connectivity index (χ1v) is 10.2. The highest BCUT2D eigenvalue weighted by atomic mass is 32.2. The van der Waals surface area contributed by atoms with Gasteiger partial charge in [0.05, 0.1) is 4.90 Å². The van der Waals surface area contributed by atoms with Gasteiger partial charge in [-0.3, -0.25) is 10.1 Å². The van der Waals surface area contributed by atoms with E-state index in [1.807, 2.05) is 0 Å². The van der Waals surface area contributed by atoms with Crippen molar-refractivity contribution in [1.29, 1.82) is 0 Å². The molecule has 0 aliphatic heterocycles. The number of aromatic nitrogens is 1. The molecule has 0 saturated carbocycles. The maximum Gasteiger partial charge on any atom is 0.257 e. The Morgan fingerprint density at radius 3 is 2.59 bits per heavy atom. The van der Waals surface area contributed by atoms with Crippen molar-refractivity contribution in [2.24, 2.45) is 5.14 Å². The minimum Gasteiger partial charge on any atom is -0.298 e. The summed E-state index contributed by atoms with van der Waals surface area (Å²) in [7, 11) is -3.92. The Hall–Kier alpha value is -2.62. The number of benzene rings is 2. The fourth-order valence-electron chi connectivity index (χ4n) is 2.47. The molecule has 3 N–H and O–H groups in total. The SMILES string of the molecule is Cc1ccc(C(=O)Nc2ncc(Cc3ccc(F)cc3)s2)cc1S(N)(=O)=O. The standard InChI is InChI=1S/C18H16FN3O3S2/c1-11-2-5-13(9-16(11)27(20,24)25)17(23)22-18-21-10-15(26-18)8-12-3-6-14(19)7-4-12/h2-7,9-10H,8H2,1H3,(H2,20,24,25)(H,21,22,23). The largest absolute Gasteiger partial charge is 0.298 e. The molecule has 3 aromatic rings. The number of thiazole rings is 1. The predicted molar refractivity (Wildman–Crippen MR) is 102 cm³/mol. The fourth-order valence-corrected chi connectivity index (χ4v) is 4.12. The monoisotopic (exact) mass is 405 g/mol. The third-order valence-corrected chi connectivity index (χ3v) is 5.79. The van der Waals surface area contributed by atoms with Crippen LogP contribution in [0.3, 0.4) is 0 Å². The second-order valence-corrected chi connectivity index (χ2v) is 8.56. The van der Waals surface area contributed by atoms with Gasteiger partial charge in [0, 0.05) is 23.1 Å². The van der Waals surface area contributed by atoms with E-state index in [0.717, 1.165) is 10.4 Å². The summed E-state index contributed by atoms with van der Waals surface area (Å²) in [6.07, 6.45) is 2.20. The smallest absolute Gasteiger partial charge is 0.257 e. The number of aryl methyl sites for hydroxylation is 1. The van der Waals surface area contributed by atoms with Crippen LogP contribution in [-0.4, -0.2) is 19.3 Å². The maximum absolute atomic E-state index is 13.0. The second-order valence-electron chi connectivity index (χ2n) is 5.91. The van der Waals surface area contributed by atoms with Crippen molar-refractivity contribution in [3.8, 4) is 0 Å². The lowest BCUT2D eigenvalue weighted by Gasteiger charge is -2.06. The summed E-state index contributed by atoms with van der Waals surface area (Å²) in [6, 6.07) is 10.4. The van der Waals surface area contributed by atoms with Crippen molar-refractivity contribution in [1.82, 2.24) is 4.98 Å². The molecule has 0 aliphatic carbocycles. The van der Waals surface area contributed by atoms with Crippen LogP contribution in [0.25, 0.3) is 0 Å². The lowest BCUT2D eigenvalue weighted by atomic mass is 10.1. The van der Waals surface area contributed by atoms with Crippen molar-refractivity contribution in [3.63, 3.8) is 0 Å². The van der Waals surface area contributed by atoms with Gasteiger partial charge >= 0.3 is 0 Å². The van der Waals surface area contributed by atoms with Crippen LogP contribution in [0.4, 0.5) is 9.52 Å². The molecule has 0 spiro atoms. The van der Waals surface area contributed by atoms with Gasteiger partial charge in [-0.05, 0) is 42.3 Å². The molecule has 27 heavy (non-hydrogen) atoms. The van der Waals surface area contributed by atoms with E-state index in [1.54, 1.807) is 25.3 Å². The third kappa shape index (κ3) is 4.76. The van der Waals surface area contributed by atoms with Gasteiger partial charge in [0.2, 0.25) is 10.0 Å². The molecule has 0 fully saturated rings. The number of rotatable bonds is 5. The topological polar surface area (TPSA) is 102 Å². The minimum atomic E-state index is -3.92. The van der Waals surface area contributed by atoms with E-state index in [0.29, 0.717) is 17.1 Å². The highest BCUT2D eigenvalue weighted by molar-refractivity contribution is 7.89. The van der Waals surface area contributed by atoms with Crippen LogP contribution < -0.4 is 10.5 Å². The van der Waals surface area contributed by atoms with E-state index in [9.17, 15) is 17.6 Å². The van der Waals surface area contributed by atoms with Crippen molar-refractivity contribution in [2.75, 3.05) is 5.32 Å². The average Bonchev–Trinajstić information content (AvgIpc) is 3.03. The van der Waals surface area contributed by atoms with Crippen LogP contribution in [-0.2, 0) is 16.4 Å². The zero-order valence-electron chi connectivity index (χ0n) is 14.3. The highest BCUT2D eigenvalue weighted by Gasteiger charge is 2.16. The van der Waals surface area contributed by atoms with E-state index >= 15 is 0 Å². The Morgan fingerprint density at radius 1 is 1.22 bits per heavy atom. The van der Waals surface area contributed by atoms with Gasteiger partial charge in [-0.1, -0.05) is 18.2 Å². The summed E-state index contributed by atoms with van der Waals surface area (Å²) < 4.78 is 36.2. The molecule has 6 nitrogen and oxygen atoms in total. The van der Waals surface area contributed by atoms with Crippen LogP contribution in [0.2, 0.25) is 0 Å². The van der Waals surface area contributed by atoms with Crippen LogP contribution in [0.1, 0.15) is 26.4 Å². The molecule has 1 amide bonds. The molecular formula is C18H16FN3O3S2. The summed E-state index contributed by atoms with van der Waals surface area (Å²) in [4.78, 5) is 17.3. The van der Waals surface area contributed by atoms with Crippen LogP contribution >= 0.6 is 11.3 Å². The molecule has 0 unspecified atom stereocenters. The number of primary sulfonamides is 1. The van der Waals surface area contributed by atoms with Crippen LogP contribution in [0.15, 0.2) is 53.6 Å². The quantitative estimate of drug-likeness (QED) is 0.681. The van der Waals surface area contributed by atoms with Crippen molar-refractivity contribution >= 4 is 32.4 Å². The van der Waals surface area contributed by atoms with Gasteiger partial charge in [0.15, 0.2) is 5.13 Å². The molecule has 3 rings (SSSR count). The number of hydrogen-bond donors (Lipinski definition) is 2. The lowest BCUT2D eigenvalue weighted by Crippen LogP contribution is -2.16. The molecule has 0 bridgehead atoms. The number of nitrogens with one attached hydrogen (secondary N) is 1. The maximum atomic E-state index is 13.0. The van der Waals surface area contributed by atoms with Crippen molar-refractivity contribution < 1.29 is 17.6 Å². The Kier molecular flexibility index (Phi) is 5.36. The molecule has 9 heteroatoms. The van der Waals surface area contributed by atoms with E-state index in [2.05, 4.69) is 10.3 Å². The third-order valence-electron chi connectivity index (χ3n) is 3.82. The number of nitrogens with zero attached hydrogens (tertiary/aromatic N) is 1. The van der Waals surface area contributed by atoms with Gasteiger partial charge < -0.3 is 0 Å². The molecular weight excluding hydrogens is 389 g/mol. The molecule has 0 saturated heterocycles.